The van der Waals surface area contributed by atoms with Crippen molar-refractivity contribution in [2.24, 2.45) is 0 Å². The molecular formula is C17H25NO4. The van der Waals surface area contributed by atoms with Crippen LogP contribution in [0, 0.1) is 0 Å². The van der Waals surface area contributed by atoms with Crippen molar-refractivity contribution in [2.45, 2.75) is 25.7 Å². The molecule has 0 aromatic heterocycles. The Bertz CT molecular complexity index is 447. The molecule has 0 spiro atoms. The fourth-order valence-electron chi connectivity index (χ4n) is 2.17. The van der Waals surface area contributed by atoms with Crippen LogP contribution in [-0.2, 0) is 25.5 Å². The zero-order valence-corrected chi connectivity index (χ0v) is 13.4. The topological polar surface area (TPSA) is 55.8 Å². The van der Waals surface area contributed by atoms with E-state index in [4.69, 9.17) is 0 Å². The number of methoxy groups -OCH3 is 2. The second kappa shape index (κ2) is 10.8. The molecule has 0 N–H and O–H groups in total. The number of carbonyl (C=O) groups excluding carboxylic acids is 2. The predicted octanol–water partition coefficient (Wildman–Crippen LogP) is 2.05. The van der Waals surface area contributed by atoms with Crippen molar-refractivity contribution in [3.63, 3.8) is 0 Å². The highest BCUT2D eigenvalue weighted by Crippen LogP contribution is 2.04. The van der Waals surface area contributed by atoms with Gasteiger partial charge < -0.3 is 14.4 Å². The first-order valence-electron chi connectivity index (χ1n) is 7.55. The van der Waals surface area contributed by atoms with Gasteiger partial charge >= 0.3 is 11.9 Å². The Morgan fingerprint density at radius 1 is 0.909 bits per heavy atom. The number of hydrogen-bond donors (Lipinski definition) is 0. The van der Waals surface area contributed by atoms with Gasteiger partial charge in [0, 0.05) is 19.5 Å². The summed E-state index contributed by atoms with van der Waals surface area (Å²) in [6, 6.07) is 10.2. The summed E-state index contributed by atoms with van der Waals surface area (Å²) in [5.41, 5.74) is 1.26. The molecule has 5 heteroatoms. The Morgan fingerprint density at radius 3 is 2.18 bits per heavy atom. The molecule has 0 fully saturated rings. The summed E-state index contributed by atoms with van der Waals surface area (Å²) in [6.07, 6.45) is 2.41. The third-order valence-electron chi connectivity index (χ3n) is 3.50. The number of hydrogen-bond acceptors (Lipinski definition) is 5. The number of carbonyl (C=O) groups is 2. The maximum atomic E-state index is 11.3. The highest BCUT2D eigenvalue weighted by atomic mass is 16.5. The minimum Gasteiger partial charge on any atom is -0.469 e. The normalized spacial score (nSPS) is 10.5. The summed E-state index contributed by atoms with van der Waals surface area (Å²) in [7, 11) is 2.79. The molecule has 122 valence electrons. The molecule has 1 aromatic carbocycles. The molecule has 0 heterocycles. The largest absolute Gasteiger partial charge is 0.469 e. The van der Waals surface area contributed by atoms with E-state index in [2.05, 4.69) is 26.5 Å². The molecule has 0 atom stereocenters. The van der Waals surface area contributed by atoms with Crippen molar-refractivity contribution >= 4 is 11.9 Å². The van der Waals surface area contributed by atoms with E-state index in [1.807, 2.05) is 18.2 Å². The van der Waals surface area contributed by atoms with E-state index < -0.39 is 0 Å². The van der Waals surface area contributed by atoms with Crippen molar-refractivity contribution < 1.29 is 19.1 Å². The first-order chi connectivity index (χ1) is 10.7. The van der Waals surface area contributed by atoms with Gasteiger partial charge in [-0.25, -0.2) is 0 Å². The Balaban J connectivity index is 2.42. The first-order valence-corrected chi connectivity index (χ1v) is 7.55. The molecule has 0 saturated heterocycles. The van der Waals surface area contributed by atoms with Crippen LogP contribution in [0.1, 0.15) is 24.8 Å². The van der Waals surface area contributed by atoms with E-state index in [-0.39, 0.29) is 11.9 Å². The summed E-state index contributed by atoms with van der Waals surface area (Å²) in [5, 5.41) is 0. The highest BCUT2D eigenvalue weighted by Gasteiger charge is 2.10. The van der Waals surface area contributed by atoms with E-state index in [0.29, 0.717) is 19.4 Å². The average Bonchev–Trinajstić information content (AvgIpc) is 2.57. The Morgan fingerprint density at radius 2 is 1.55 bits per heavy atom. The number of benzene rings is 1. The minimum absolute atomic E-state index is 0.198. The van der Waals surface area contributed by atoms with E-state index in [1.54, 1.807) is 0 Å². The SMILES string of the molecule is COC(=O)CCCN(CCC(=O)OC)CCc1ccccc1. The van der Waals surface area contributed by atoms with Gasteiger partial charge in [0.25, 0.3) is 0 Å². The quantitative estimate of drug-likeness (QED) is 0.619. The van der Waals surface area contributed by atoms with Gasteiger partial charge in [0.15, 0.2) is 0 Å². The van der Waals surface area contributed by atoms with Gasteiger partial charge in [0.05, 0.1) is 20.6 Å². The van der Waals surface area contributed by atoms with Crippen molar-refractivity contribution in [1.29, 1.82) is 0 Å². The third kappa shape index (κ3) is 7.78. The molecule has 0 saturated carbocycles. The molecule has 22 heavy (non-hydrogen) atoms. The van der Waals surface area contributed by atoms with Crippen LogP contribution < -0.4 is 0 Å². The van der Waals surface area contributed by atoms with E-state index in [0.717, 1.165) is 25.9 Å². The lowest BCUT2D eigenvalue weighted by Crippen LogP contribution is -2.30. The molecule has 0 bridgehead atoms. The molecule has 0 aliphatic heterocycles. The molecular weight excluding hydrogens is 282 g/mol. The van der Waals surface area contributed by atoms with Gasteiger partial charge in [-0.15, -0.1) is 0 Å². The van der Waals surface area contributed by atoms with Crippen LogP contribution in [0.25, 0.3) is 0 Å². The van der Waals surface area contributed by atoms with Crippen molar-refractivity contribution in [1.82, 2.24) is 4.90 Å². The van der Waals surface area contributed by atoms with Crippen molar-refractivity contribution in [2.75, 3.05) is 33.9 Å². The lowest BCUT2D eigenvalue weighted by atomic mass is 10.1. The smallest absolute Gasteiger partial charge is 0.306 e. The van der Waals surface area contributed by atoms with Crippen LogP contribution in [0.15, 0.2) is 30.3 Å². The zero-order valence-electron chi connectivity index (χ0n) is 13.4. The third-order valence-corrected chi connectivity index (χ3v) is 3.50. The molecule has 0 aliphatic carbocycles. The molecule has 1 rings (SSSR count). The van der Waals surface area contributed by atoms with Gasteiger partial charge in [-0.1, -0.05) is 30.3 Å². The van der Waals surface area contributed by atoms with Crippen LogP contribution in [0.2, 0.25) is 0 Å². The fourth-order valence-corrected chi connectivity index (χ4v) is 2.17. The Labute approximate surface area is 132 Å². The van der Waals surface area contributed by atoms with E-state index >= 15 is 0 Å². The first kappa shape index (κ1) is 18.2. The monoisotopic (exact) mass is 307 g/mol. The highest BCUT2D eigenvalue weighted by molar-refractivity contribution is 5.69. The van der Waals surface area contributed by atoms with Crippen molar-refractivity contribution in [3.05, 3.63) is 35.9 Å². The summed E-state index contributed by atoms with van der Waals surface area (Å²) >= 11 is 0. The number of ether oxygens (including phenoxy) is 2. The minimum atomic E-state index is -0.210. The van der Waals surface area contributed by atoms with Gasteiger partial charge in [-0.05, 0) is 24.9 Å². The molecule has 0 aliphatic rings. The summed E-state index contributed by atoms with van der Waals surface area (Å²) < 4.78 is 9.33. The second-order valence-corrected chi connectivity index (χ2v) is 5.08. The van der Waals surface area contributed by atoms with Crippen LogP contribution >= 0.6 is 0 Å². The predicted molar refractivity (Wildman–Crippen MR) is 84.5 cm³/mol. The summed E-state index contributed by atoms with van der Waals surface area (Å²) in [5.74, 6) is -0.409. The van der Waals surface area contributed by atoms with E-state index in [1.165, 1.54) is 19.8 Å². The zero-order chi connectivity index (χ0) is 16.2. The molecule has 0 unspecified atom stereocenters. The van der Waals surface area contributed by atoms with Crippen LogP contribution in [0.4, 0.5) is 0 Å². The van der Waals surface area contributed by atoms with Gasteiger partial charge in [-0.2, -0.15) is 0 Å². The summed E-state index contributed by atoms with van der Waals surface area (Å²) in [4.78, 5) is 24.7. The Hall–Kier alpha value is -1.88. The maximum Gasteiger partial charge on any atom is 0.306 e. The second-order valence-electron chi connectivity index (χ2n) is 5.08. The van der Waals surface area contributed by atoms with Crippen LogP contribution in [0.5, 0.6) is 0 Å². The maximum absolute atomic E-state index is 11.3. The van der Waals surface area contributed by atoms with Gasteiger partial charge in [-0.3, -0.25) is 9.59 Å². The molecule has 0 amide bonds. The van der Waals surface area contributed by atoms with Gasteiger partial charge in [0.1, 0.15) is 0 Å². The van der Waals surface area contributed by atoms with Crippen LogP contribution in [-0.4, -0.2) is 50.7 Å². The number of esters is 2. The Kier molecular flexibility index (Phi) is 8.91. The fraction of sp³-hybridized carbons (Fsp3) is 0.529. The van der Waals surface area contributed by atoms with E-state index in [9.17, 15) is 9.59 Å². The van der Waals surface area contributed by atoms with Crippen LogP contribution in [0.3, 0.4) is 0 Å². The number of nitrogens with zero attached hydrogens (tertiary/aromatic N) is 1. The lowest BCUT2D eigenvalue weighted by molar-refractivity contribution is -0.142. The lowest BCUT2D eigenvalue weighted by Gasteiger charge is -2.21. The van der Waals surface area contributed by atoms with Crippen molar-refractivity contribution in [3.8, 4) is 0 Å². The molecule has 0 radical (unpaired) electrons. The molecule has 1 aromatic rings. The summed E-state index contributed by atoms with van der Waals surface area (Å²) in [6.45, 7) is 2.25. The average molecular weight is 307 g/mol. The molecule has 5 nitrogen and oxygen atoms in total. The van der Waals surface area contributed by atoms with Gasteiger partial charge in [0.2, 0.25) is 0 Å². The standard InChI is InChI=1S/C17H25NO4/c1-21-16(19)9-6-12-18(14-11-17(20)22-2)13-10-15-7-4-3-5-8-15/h3-5,7-8H,6,9-14H2,1-2H3. The number of rotatable bonds is 10.